The first-order valence-electron chi connectivity index (χ1n) is 19.2. The molecule has 4 aromatic rings. The second kappa shape index (κ2) is 30.2. The third-order valence-electron chi connectivity index (χ3n) is 8.81. The van der Waals surface area contributed by atoms with Crippen LogP contribution in [0, 0.1) is 70.3 Å². The van der Waals surface area contributed by atoms with Gasteiger partial charge in [0.15, 0.2) is 0 Å². The summed E-state index contributed by atoms with van der Waals surface area (Å²) in [6, 6.07) is 43.5. The number of hydrogen-bond acceptors (Lipinski definition) is 2. The number of allylic oxidation sites excluding steroid dienone is 4. The zero-order chi connectivity index (χ0) is 37.7. The molecule has 7 rings (SSSR count). The van der Waals surface area contributed by atoms with Crippen LogP contribution in [0.1, 0.15) is 59.3 Å². The van der Waals surface area contributed by atoms with Crippen molar-refractivity contribution in [2.24, 2.45) is 0 Å². The van der Waals surface area contributed by atoms with E-state index in [0.717, 1.165) is 44.5 Å². The summed E-state index contributed by atoms with van der Waals surface area (Å²) in [7, 11) is 0. The third-order valence-corrected chi connectivity index (χ3v) is 8.81. The van der Waals surface area contributed by atoms with Crippen LogP contribution in [0.4, 0.5) is 0 Å². The van der Waals surface area contributed by atoms with E-state index in [2.05, 4.69) is 141 Å². The van der Waals surface area contributed by atoms with Crippen LogP contribution in [0.3, 0.4) is 0 Å². The van der Waals surface area contributed by atoms with E-state index in [1.54, 1.807) is 12.2 Å². The van der Waals surface area contributed by atoms with E-state index in [0.29, 0.717) is 0 Å². The van der Waals surface area contributed by atoms with E-state index in [1.165, 1.54) is 34.7 Å². The molecule has 2 saturated carbocycles. The summed E-state index contributed by atoms with van der Waals surface area (Å²) in [4.78, 5) is 11.2. The minimum Gasteiger partial charge on any atom is -0.402 e. The molecule has 0 amide bonds. The number of rotatable bonds is 10. The molecule has 4 aromatic carbocycles. The normalized spacial score (nSPS) is 14.8. The number of ether oxygens (including phenoxy) is 1. The van der Waals surface area contributed by atoms with Crippen LogP contribution in [-0.4, -0.2) is 25.1 Å². The maximum atomic E-state index is 11.2. The number of hydrogen-bond donors (Lipinski definition) is 0. The van der Waals surface area contributed by atoms with Crippen molar-refractivity contribution in [1.82, 2.24) is 0 Å². The maximum absolute atomic E-state index is 11.2. The van der Waals surface area contributed by atoms with Crippen molar-refractivity contribution in [3.63, 3.8) is 0 Å². The molecule has 0 N–H and O–H groups in total. The summed E-state index contributed by atoms with van der Waals surface area (Å²) < 4.78 is 4.94. The Kier molecular flexibility index (Phi) is 26.3. The van der Waals surface area contributed by atoms with Gasteiger partial charge in [0.05, 0.1) is 0 Å². The van der Waals surface area contributed by atoms with Gasteiger partial charge < -0.3 is 9.53 Å². The molecule has 1 heterocycles. The van der Waals surface area contributed by atoms with Crippen LogP contribution in [0.25, 0.3) is 0 Å². The average Bonchev–Trinajstić information content (AvgIpc) is 4.06. The summed E-state index contributed by atoms with van der Waals surface area (Å²) in [5.74, 6) is 0.0689. The fraction of sp³-hybridized carbons (Fsp3) is 0.220. The Balaban J connectivity index is 0.000000287. The third kappa shape index (κ3) is 17.6. The zero-order valence-corrected chi connectivity index (χ0v) is 35.0. The Labute approximate surface area is 349 Å². The molecule has 3 fully saturated rings. The van der Waals surface area contributed by atoms with E-state index in [1.807, 2.05) is 71.1 Å². The predicted octanol–water partition coefficient (Wildman–Crippen LogP) is 9.36. The van der Waals surface area contributed by atoms with Gasteiger partial charge in [0.1, 0.15) is 6.15 Å². The molecule has 0 bridgehead atoms. The van der Waals surface area contributed by atoms with Crippen LogP contribution in [0.15, 0.2) is 139 Å². The maximum Gasteiger partial charge on any atom is 2.00 e. The van der Waals surface area contributed by atoms with E-state index >= 15 is 0 Å². The number of ketones is 1. The zero-order valence-electron chi connectivity index (χ0n) is 32.5. The Bertz CT molecular complexity index is 1310. The molecule has 10 radical (unpaired) electrons. The Morgan fingerprint density at radius 1 is 0.574 bits per heavy atom. The van der Waals surface area contributed by atoms with Gasteiger partial charge in [0.2, 0.25) is 0 Å². The smallest absolute Gasteiger partial charge is 0.402 e. The second-order valence-electron chi connectivity index (χ2n) is 13.0. The summed E-state index contributed by atoms with van der Waals surface area (Å²) in [5.41, 5.74) is 6.51. The van der Waals surface area contributed by atoms with Gasteiger partial charge in [0, 0.05) is 19.0 Å². The standard InChI is InChI=1S/C24H20B.C12H19O.2C5H5.C4H8O.Zr/c1-5-13-21(14-6-1)25(22-15-7-2-8-16-22,23-17-9-3-10-18-23)24-19-11-4-12-20-24;1-4-6-7-9-12(13)10-11(3)8-5-2;3*1-2-4-5-3-1;/h1-20H;9-10H,4-6,8H2,1-3H3;2*1-5H;1-4H2;/q2*-1;;;;+2/b;11-10+;;;;. The molecule has 54 heavy (non-hydrogen) atoms. The topological polar surface area (TPSA) is 26.3 Å². The number of carbonyl (C=O) groups excluding carboxylic acids is 1. The van der Waals surface area contributed by atoms with Crippen molar-refractivity contribution in [2.75, 3.05) is 13.2 Å². The molecule has 2 aliphatic carbocycles. The molecule has 0 spiro atoms. The van der Waals surface area contributed by atoms with Crippen molar-refractivity contribution in [2.45, 2.75) is 59.3 Å². The molecule has 2 nitrogen and oxygen atoms in total. The molecule has 0 aromatic heterocycles. The minimum absolute atomic E-state index is 0. The summed E-state index contributed by atoms with van der Waals surface area (Å²) in [6.07, 6.45) is 31.6. The van der Waals surface area contributed by atoms with Gasteiger partial charge >= 0.3 is 26.2 Å². The Morgan fingerprint density at radius 3 is 1.17 bits per heavy atom. The number of unbranched alkanes of at least 4 members (excludes halogenated alkanes) is 1. The Morgan fingerprint density at radius 2 is 0.907 bits per heavy atom. The van der Waals surface area contributed by atoms with Gasteiger partial charge in [-0.3, -0.25) is 6.08 Å². The largest absolute Gasteiger partial charge is 2.00 e. The molecule has 0 atom stereocenters. The van der Waals surface area contributed by atoms with Crippen LogP contribution >= 0.6 is 0 Å². The van der Waals surface area contributed by atoms with Gasteiger partial charge in [0.25, 0.3) is 0 Å². The summed E-state index contributed by atoms with van der Waals surface area (Å²) >= 11 is 0. The molecular weight excluding hydrogens is 735 g/mol. The first-order chi connectivity index (χ1) is 26.1. The SMILES string of the molecule is C1CCOC1.CCC[C-]=CC(=O)/C=C(\C)CCC.[CH]1[CH][CH][CH][CH]1.[CH]1[CH][CH][CH][CH]1.[Zr+2].c1ccc([B-](c2ccccc2)(c2ccccc2)c2ccccc2)cc1. The van der Waals surface area contributed by atoms with E-state index in [4.69, 9.17) is 4.74 Å². The van der Waals surface area contributed by atoms with E-state index in [9.17, 15) is 4.79 Å². The first-order valence-corrected chi connectivity index (χ1v) is 19.2. The van der Waals surface area contributed by atoms with Crippen molar-refractivity contribution in [1.29, 1.82) is 0 Å². The molecule has 0 unspecified atom stereocenters. The van der Waals surface area contributed by atoms with Crippen LogP contribution < -0.4 is 21.9 Å². The van der Waals surface area contributed by atoms with Crippen LogP contribution in [0.2, 0.25) is 0 Å². The van der Waals surface area contributed by atoms with E-state index in [-0.39, 0.29) is 32.0 Å². The predicted molar refractivity (Wildman–Crippen MR) is 230 cm³/mol. The summed E-state index contributed by atoms with van der Waals surface area (Å²) in [5, 5.41) is 0. The molecule has 4 heteroatoms. The van der Waals surface area contributed by atoms with Crippen molar-refractivity contribution >= 4 is 33.8 Å². The minimum atomic E-state index is -1.22. The van der Waals surface area contributed by atoms with Crippen LogP contribution in [-0.2, 0) is 35.7 Å². The van der Waals surface area contributed by atoms with Gasteiger partial charge in [-0.25, -0.2) is 0 Å². The fourth-order valence-corrected chi connectivity index (χ4v) is 6.34. The van der Waals surface area contributed by atoms with Gasteiger partial charge in [-0.05, 0) is 90.4 Å². The van der Waals surface area contributed by atoms with Crippen molar-refractivity contribution in [3.05, 3.63) is 209 Å². The molecule has 1 aliphatic heterocycles. The average molecular weight is 792 g/mol. The van der Waals surface area contributed by atoms with Gasteiger partial charge in [-0.2, -0.15) is 27.9 Å². The summed E-state index contributed by atoms with van der Waals surface area (Å²) in [6.45, 7) is 8.18. The number of carbonyl (C=O) groups is 1. The quantitative estimate of drug-likeness (QED) is 0.0910. The van der Waals surface area contributed by atoms with Gasteiger partial charge in [-0.1, -0.05) is 154 Å². The van der Waals surface area contributed by atoms with Gasteiger partial charge in [-0.15, -0.1) is 12.5 Å². The number of benzene rings is 4. The van der Waals surface area contributed by atoms with Crippen molar-refractivity contribution in [3.8, 4) is 0 Å². The molecule has 1 saturated heterocycles. The molecule has 276 valence electrons. The molecular formula is C50H57BO2Zr. The van der Waals surface area contributed by atoms with Crippen molar-refractivity contribution < 1.29 is 35.7 Å². The first kappa shape index (κ1) is 47.1. The Hall–Kier alpha value is -3.06. The monoisotopic (exact) mass is 790 g/mol. The molecule has 3 aliphatic rings. The van der Waals surface area contributed by atoms with Crippen LogP contribution in [0.5, 0.6) is 0 Å². The van der Waals surface area contributed by atoms with E-state index < -0.39 is 6.15 Å². The second-order valence-corrected chi connectivity index (χ2v) is 13.0. The fourth-order valence-electron chi connectivity index (χ4n) is 6.34.